The maximum absolute atomic E-state index is 15.2. The van der Waals surface area contributed by atoms with Crippen LogP contribution in [0.3, 0.4) is 0 Å². The number of aryl methyl sites for hydroxylation is 1. The van der Waals surface area contributed by atoms with Gasteiger partial charge in [0.25, 0.3) is 0 Å². The molecule has 0 saturated heterocycles. The van der Waals surface area contributed by atoms with Crippen LogP contribution in [0.15, 0.2) is 66.7 Å². The van der Waals surface area contributed by atoms with E-state index in [9.17, 15) is 22.0 Å². The summed E-state index contributed by atoms with van der Waals surface area (Å²) in [5.74, 6) is -5.47. The summed E-state index contributed by atoms with van der Waals surface area (Å²) in [6.45, 7) is 2.14. The molecule has 0 spiro atoms. The van der Waals surface area contributed by atoms with E-state index in [0.717, 1.165) is 30.4 Å². The Balaban J connectivity index is 1.67. The molecule has 176 valence electrons. The molecular formula is C27H20F6O. The monoisotopic (exact) mass is 474 g/mol. The van der Waals surface area contributed by atoms with Gasteiger partial charge in [-0.3, -0.25) is 0 Å². The molecular weight excluding hydrogens is 454 g/mol. The largest absolute Gasteiger partial charge is 0.573 e. The maximum atomic E-state index is 15.2. The Morgan fingerprint density at radius 2 is 1.38 bits per heavy atom. The minimum atomic E-state index is -5.26. The second-order valence-corrected chi connectivity index (χ2v) is 7.98. The number of hydrogen-bond donors (Lipinski definition) is 0. The second kappa shape index (κ2) is 9.41. The Hall–Kier alpha value is -3.48. The molecule has 0 saturated carbocycles. The van der Waals surface area contributed by atoms with Crippen LogP contribution < -0.4 is 4.74 Å². The number of halogens is 6. The van der Waals surface area contributed by atoms with Crippen molar-refractivity contribution >= 4 is 10.8 Å². The van der Waals surface area contributed by atoms with E-state index in [1.165, 1.54) is 11.6 Å². The first kappa shape index (κ1) is 23.7. The first-order valence-electron chi connectivity index (χ1n) is 10.7. The average molecular weight is 474 g/mol. The van der Waals surface area contributed by atoms with Gasteiger partial charge in [0, 0.05) is 10.9 Å². The van der Waals surface area contributed by atoms with E-state index in [1.807, 2.05) is 18.2 Å². The predicted molar refractivity (Wildman–Crippen MR) is 120 cm³/mol. The van der Waals surface area contributed by atoms with Crippen LogP contribution in [0, 0.1) is 17.5 Å². The number of ether oxygens (including phenoxy) is 1. The van der Waals surface area contributed by atoms with Crippen molar-refractivity contribution in [2.24, 2.45) is 0 Å². The lowest BCUT2D eigenvalue weighted by Crippen LogP contribution is -2.19. The third kappa shape index (κ3) is 5.03. The van der Waals surface area contributed by atoms with Crippen LogP contribution >= 0.6 is 0 Å². The summed E-state index contributed by atoms with van der Waals surface area (Å²) < 4.78 is 84.0. The fourth-order valence-corrected chi connectivity index (χ4v) is 3.87. The maximum Gasteiger partial charge on any atom is 0.573 e. The van der Waals surface area contributed by atoms with E-state index >= 15 is 4.39 Å². The molecule has 0 aliphatic heterocycles. The summed E-state index contributed by atoms with van der Waals surface area (Å²) in [6.07, 6.45) is -2.02. The van der Waals surface area contributed by atoms with Gasteiger partial charge in [-0.15, -0.1) is 13.2 Å². The molecule has 0 radical (unpaired) electrons. The van der Waals surface area contributed by atoms with Gasteiger partial charge in [-0.25, -0.2) is 13.2 Å². The van der Waals surface area contributed by atoms with E-state index < -0.39 is 29.6 Å². The average Bonchev–Trinajstić information content (AvgIpc) is 2.80. The van der Waals surface area contributed by atoms with Crippen molar-refractivity contribution in [2.75, 3.05) is 0 Å². The molecule has 0 bridgehead atoms. The van der Waals surface area contributed by atoms with E-state index in [0.29, 0.717) is 17.5 Å². The number of rotatable bonds is 6. The van der Waals surface area contributed by atoms with Crippen molar-refractivity contribution in [3.8, 4) is 28.0 Å². The first-order valence-corrected chi connectivity index (χ1v) is 10.7. The molecule has 4 aromatic rings. The zero-order valence-corrected chi connectivity index (χ0v) is 18.1. The van der Waals surface area contributed by atoms with Crippen LogP contribution in [0.2, 0.25) is 0 Å². The highest BCUT2D eigenvalue weighted by Gasteiger charge is 2.34. The molecule has 0 amide bonds. The van der Waals surface area contributed by atoms with Gasteiger partial charge in [-0.1, -0.05) is 61.9 Å². The van der Waals surface area contributed by atoms with E-state index in [-0.39, 0.29) is 16.5 Å². The van der Waals surface area contributed by atoms with Gasteiger partial charge in [0.2, 0.25) is 5.75 Å². The van der Waals surface area contributed by atoms with Crippen LogP contribution in [-0.4, -0.2) is 6.36 Å². The summed E-state index contributed by atoms with van der Waals surface area (Å²) in [5.41, 5.74) is 2.71. The van der Waals surface area contributed by atoms with Crippen molar-refractivity contribution in [1.29, 1.82) is 0 Å². The fourth-order valence-electron chi connectivity index (χ4n) is 3.87. The molecule has 4 aromatic carbocycles. The smallest absolute Gasteiger partial charge is 0.399 e. The van der Waals surface area contributed by atoms with Crippen LogP contribution in [0.25, 0.3) is 33.0 Å². The van der Waals surface area contributed by atoms with E-state index in [1.54, 1.807) is 18.2 Å². The Labute approximate surface area is 192 Å². The topological polar surface area (TPSA) is 9.23 Å². The molecule has 0 aromatic heterocycles. The number of hydrogen-bond acceptors (Lipinski definition) is 1. The number of unbranched alkanes of at least 4 members (excludes halogenated alkanes) is 1. The Kier molecular flexibility index (Phi) is 6.55. The van der Waals surface area contributed by atoms with Crippen molar-refractivity contribution < 1.29 is 31.1 Å². The quantitative estimate of drug-likeness (QED) is 0.254. The number of fused-ring (bicyclic) bond motifs is 1. The lowest BCUT2D eigenvalue weighted by molar-refractivity contribution is -0.276. The molecule has 0 unspecified atom stereocenters. The van der Waals surface area contributed by atoms with Crippen molar-refractivity contribution in [1.82, 2.24) is 0 Å². The second-order valence-electron chi connectivity index (χ2n) is 7.98. The summed E-state index contributed by atoms with van der Waals surface area (Å²) >= 11 is 0. The predicted octanol–water partition coefficient (Wildman–Crippen LogP) is 8.83. The van der Waals surface area contributed by atoms with Gasteiger partial charge in [0.1, 0.15) is 5.82 Å². The minimum absolute atomic E-state index is 0.142. The lowest BCUT2D eigenvalue weighted by Gasteiger charge is -2.13. The highest BCUT2D eigenvalue weighted by Crippen LogP contribution is 2.36. The molecule has 0 atom stereocenters. The van der Waals surface area contributed by atoms with Crippen LogP contribution in [-0.2, 0) is 6.42 Å². The number of benzene rings is 4. The van der Waals surface area contributed by atoms with Gasteiger partial charge in [0.05, 0.1) is 0 Å². The fraction of sp³-hybridized carbons (Fsp3) is 0.185. The SMILES string of the molecule is CCCCc1ccc(-c2ccc3c(F)c(-c4cc(F)c(OC(F)(F)F)c(F)c4)ccc3c2)cc1. The molecule has 4 rings (SSSR count). The molecule has 0 aliphatic rings. The van der Waals surface area contributed by atoms with Crippen molar-refractivity contribution in [3.63, 3.8) is 0 Å². The Morgan fingerprint density at radius 1 is 0.735 bits per heavy atom. The standard InChI is InChI=1S/C27H20F6O/c1-2-3-4-16-5-7-17(8-6-16)18-9-11-21-19(13-18)10-12-22(25(21)30)20-14-23(28)26(24(29)15-20)34-27(31,32)33/h5-15H,2-4H2,1H3. The van der Waals surface area contributed by atoms with Gasteiger partial charge in [0.15, 0.2) is 11.6 Å². The third-order valence-corrected chi connectivity index (χ3v) is 5.59. The molecule has 7 heteroatoms. The third-order valence-electron chi connectivity index (χ3n) is 5.59. The molecule has 0 aliphatic carbocycles. The van der Waals surface area contributed by atoms with Crippen LogP contribution in [0.1, 0.15) is 25.3 Å². The summed E-state index contributed by atoms with van der Waals surface area (Å²) in [5, 5.41) is 0.795. The normalized spacial score (nSPS) is 11.7. The van der Waals surface area contributed by atoms with Crippen LogP contribution in [0.5, 0.6) is 5.75 Å². The molecule has 0 fully saturated rings. The Morgan fingerprint density at radius 3 is 2.00 bits per heavy atom. The number of alkyl halides is 3. The Bertz CT molecular complexity index is 1300. The van der Waals surface area contributed by atoms with Crippen molar-refractivity contribution in [3.05, 3.63) is 89.7 Å². The molecule has 0 heterocycles. The zero-order valence-electron chi connectivity index (χ0n) is 18.1. The molecule has 0 N–H and O–H groups in total. The van der Waals surface area contributed by atoms with Crippen LogP contribution in [0.4, 0.5) is 26.3 Å². The van der Waals surface area contributed by atoms with Gasteiger partial charge >= 0.3 is 6.36 Å². The van der Waals surface area contributed by atoms with E-state index in [4.69, 9.17) is 0 Å². The molecule has 34 heavy (non-hydrogen) atoms. The first-order chi connectivity index (χ1) is 16.2. The highest BCUT2D eigenvalue weighted by molar-refractivity contribution is 5.91. The minimum Gasteiger partial charge on any atom is -0.399 e. The summed E-state index contributed by atoms with van der Waals surface area (Å²) in [6, 6.07) is 17.4. The molecule has 1 nitrogen and oxygen atoms in total. The highest BCUT2D eigenvalue weighted by atomic mass is 19.4. The van der Waals surface area contributed by atoms with Crippen molar-refractivity contribution in [2.45, 2.75) is 32.5 Å². The van der Waals surface area contributed by atoms with Gasteiger partial charge in [-0.2, -0.15) is 0 Å². The lowest BCUT2D eigenvalue weighted by atomic mass is 9.96. The zero-order chi connectivity index (χ0) is 24.5. The van der Waals surface area contributed by atoms with Gasteiger partial charge < -0.3 is 4.74 Å². The van der Waals surface area contributed by atoms with E-state index in [2.05, 4.69) is 23.8 Å². The summed E-state index contributed by atoms with van der Waals surface area (Å²) in [4.78, 5) is 0. The summed E-state index contributed by atoms with van der Waals surface area (Å²) in [7, 11) is 0. The van der Waals surface area contributed by atoms with Gasteiger partial charge in [-0.05, 0) is 58.7 Å².